The fourth-order valence-corrected chi connectivity index (χ4v) is 4.37. The average Bonchev–Trinajstić information content (AvgIpc) is 3.35. The molecule has 4 rings (SSSR count). The highest BCUT2D eigenvalue weighted by Crippen LogP contribution is 2.24. The molecule has 1 aliphatic rings. The molecule has 3 aromatic rings. The lowest BCUT2D eigenvalue weighted by Gasteiger charge is -2.22. The van der Waals surface area contributed by atoms with Crippen LogP contribution in [0.2, 0.25) is 5.02 Å². The van der Waals surface area contributed by atoms with Crippen molar-refractivity contribution in [2.24, 2.45) is 0 Å². The Morgan fingerprint density at radius 1 is 1.09 bits per heavy atom. The number of hydrogen-bond acceptors (Lipinski definition) is 6. The largest absolute Gasteiger partial charge is 0.479 e. The molecule has 9 heteroatoms. The summed E-state index contributed by atoms with van der Waals surface area (Å²) in [6.45, 7) is 0. The number of hydrazine groups is 1. The van der Waals surface area contributed by atoms with Crippen LogP contribution in [0.15, 0.2) is 73.1 Å². The molecular formula is C26H27ClN4O4. The summed E-state index contributed by atoms with van der Waals surface area (Å²) in [7, 11) is 0. The highest BCUT2D eigenvalue weighted by atomic mass is 35.5. The van der Waals surface area contributed by atoms with Crippen LogP contribution < -0.4 is 16.2 Å². The number of carbonyl (C=O) groups is 2. The maximum atomic E-state index is 13.0. The molecule has 1 amide bonds. The van der Waals surface area contributed by atoms with Gasteiger partial charge in [0.15, 0.2) is 6.10 Å². The number of benzene rings is 2. The Labute approximate surface area is 208 Å². The number of halogens is 1. The van der Waals surface area contributed by atoms with Crippen LogP contribution in [0.25, 0.3) is 11.1 Å². The van der Waals surface area contributed by atoms with Gasteiger partial charge in [-0.3, -0.25) is 9.78 Å². The summed E-state index contributed by atoms with van der Waals surface area (Å²) in [5, 5.41) is 22.7. The lowest BCUT2D eigenvalue weighted by molar-refractivity contribution is -0.147. The maximum absolute atomic E-state index is 13.0. The highest BCUT2D eigenvalue weighted by molar-refractivity contribution is 6.30. The monoisotopic (exact) mass is 494 g/mol. The molecule has 182 valence electrons. The number of carboxylic acids is 1. The van der Waals surface area contributed by atoms with Crippen LogP contribution in [0, 0.1) is 0 Å². The molecule has 1 aliphatic heterocycles. The Balaban J connectivity index is 1.42. The van der Waals surface area contributed by atoms with Crippen LogP contribution in [0.5, 0.6) is 0 Å². The Bertz CT molecular complexity index is 1160. The summed E-state index contributed by atoms with van der Waals surface area (Å²) in [5.41, 5.74) is 9.96. The molecule has 0 spiro atoms. The topological polar surface area (TPSA) is 124 Å². The molecule has 0 bridgehead atoms. The van der Waals surface area contributed by atoms with E-state index in [4.69, 9.17) is 11.6 Å². The zero-order valence-corrected chi connectivity index (χ0v) is 19.7. The van der Waals surface area contributed by atoms with Gasteiger partial charge in [-0.25, -0.2) is 15.6 Å². The van der Waals surface area contributed by atoms with Gasteiger partial charge in [0.2, 0.25) is 5.91 Å². The van der Waals surface area contributed by atoms with Crippen LogP contribution in [-0.4, -0.2) is 45.3 Å². The third-order valence-corrected chi connectivity index (χ3v) is 6.27. The molecular weight excluding hydrogens is 468 g/mol. The van der Waals surface area contributed by atoms with E-state index in [0.29, 0.717) is 17.9 Å². The van der Waals surface area contributed by atoms with Gasteiger partial charge in [-0.2, -0.15) is 0 Å². The molecule has 1 aromatic heterocycles. The Morgan fingerprint density at radius 3 is 2.57 bits per heavy atom. The lowest BCUT2D eigenvalue weighted by atomic mass is 9.97. The molecule has 0 radical (unpaired) electrons. The minimum atomic E-state index is -1.58. The molecule has 2 unspecified atom stereocenters. The predicted molar refractivity (Wildman–Crippen MR) is 132 cm³/mol. The van der Waals surface area contributed by atoms with Gasteiger partial charge in [0.1, 0.15) is 6.04 Å². The number of pyridine rings is 1. The standard InChI is InChI=1S/C26H27ClN4O4/c27-20-5-1-3-18(12-20)17-8-6-16(7-9-17)11-21(13-24(32)26(34)35)29-25(33)23-14-22(30-31-23)19-4-2-10-28-15-19/h1-10,12,15,21-24,30-32H,11,13-14H2,(H,29,33)(H,34,35)/t21-,22?,23?,24-/m1/s1. The van der Waals surface area contributed by atoms with Crippen molar-refractivity contribution in [1.29, 1.82) is 0 Å². The average molecular weight is 495 g/mol. The number of hydrogen-bond donors (Lipinski definition) is 5. The number of nitrogens with one attached hydrogen (secondary N) is 3. The zero-order valence-electron chi connectivity index (χ0n) is 18.9. The molecule has 35 heavy (non-hydrogen) atoms. The van der Waals surface area contributed by atoms with E-state index in [1.165, 1.54) is 0 Å². The van der Waals surface area contributed by atoms with E-state index in [0.717, 1.165) is 22.3 Å². The number of amides is 1. The first-order chi connectivity index (χ1) is 16.9. The zero-order chi connectivity index (χ0) is 24.8. The highest BCUT2D eigenvalue weighted by Gasteiger charge is 2.32. The van der Waals surface area contributed by atoms with Gasteiger partial charge in [-0.15, -0.1) is 0 Å². The maximum Gasteiger partial charge on any atom is 0.332 e. The van der Waals surface area contributed by atoms with Crippen molar-refractivity contribution in [3.8, 4) is 11.1 Å². The van der Waals surface area contributed by atoms with Gasteiger partial charge in [0.05, 0.1) is 0 Å². The van der Waals surface area contributed by atoms with Crippen LogP contribution in [0.4, 0.5) is 0 Å². The van der Waals surface area contributed by atoms with Gasteiger partial charge in [0, 0.05) is 35.9 Å². The molecule has 5 N–H and O–H groups in total. The molecule has 4 atom stereocenters. The summed E-state index contributed by atoms with van der Waals surface area (Å²) < 4.78 is 0. The SMILES string of the molecule is O=C(N[C@H](Cc1ccc(-c2cccc(Cl)c2)cc1)C[C@@H](O)C(=O)O)C1CC(c2cccnc2)NN1. The molecule has 2 aromatic carbocycles. The second-order valence-electron chi connectivity index (χ2n) is 8.62. The van der Waals surface area contributed by atoms with Crippen molar-refractivity contribution in [2.45, 2.75) is 43.5 Å². The van der Waals surface area contributed by atoms with Crippen molar-refractivity contribution < 1.29 is 19.8 Å². The van der Waals surface area contributed by atoms with Crippen molar-refractivity contribution in [2.75, 3.05) is 0 Å². The van der Waals surface area contributed by atoms with Crippen molar-refractivity contribution in [3.63, 3.8) is 0 Å². The van der Waals surface area contributed by atoms with Gasteiger partial charge in [-0.1, -0.05) is 54.1 Å². The fraction of sp³-hybridized carbons (Fsp3) is 0.269. The number of aromatic nitrogens is 1. The number of carbonyl (C=O) groups excluding carboxylic acids is 1. The second-order valence-corrected chi connectivity index (χ2v) is 9.06. The van der Waals surface area contributed by atoms with Gasteiger partial charge in [0.25, 0.3) is 0 Å². The number of aliphatic hydroxyl groups is 1. The van der Waals surface area contributed by atoms with Crippen molar-refractivity contribution in [3.05, 3.63) is 89.2 Å². The van der Waals surface area contributed by atoms with Gasteiger partial charge >= 0.3 is 5.97 Å². The molecule has 1 fully saturated rings. The molecule has 1 saturated heterocycles. The molecule has 0 aliphatic carbocycles. The lowest BCUT2D eigenvalue weighted by Crippen LogP contribution is -2.48. The Hall–Kier alpha value is -3.30. The van der Waals surface area contributed by atoms with E-state index in [2.05, 4.69) is 21.2 Å². The second kappa shape index (κ2) is 11.4. The fourth-order valence-electron chi connectivity index (χ4n) is 4.18. The van der Waals surface area contributed by atoms with Crippen molar-refractivity contribution in [1.82, 2.24) is 21.2 Å². The predicted octanol–water partition coefficient (Wildman–Crippen LogP) is 2.87. The third kappa shape index (κ3) is 6.64. The number of aliphatic hydroxyl groups excluding tert-OH is 1. The summed E-state index contributed by atoms with van der Waals surface area (Å²) >= 11 is 6.09. The minimum Gasteiger partial charge on any atom is -0.479 e. The minimum absolute atomic E-state index is 0.0680. The number of rotatable bonds is 9. The van der Waals surface area contributed by atoms with E-state index in [9.17, 15) is 19.8 Å². The molecule has 0 saturated carbocycles. The van der Waals surface area contributed by atoms with E-state index in [1.807, 2.05) is 60.7 Å². The summed E-state index contributed by atoms with van der Waals surface area (Å²) in [4.78, 5) is 28.3. The summed E-state index contributed by atoms with van der Waals surface area (Å²) in [5.74, 6) is -1.58. The van der Waals surface area contributed by atoms with Crippen LogP contribution >= 0.6 is 11.6 Å². The van der Waals surface area contributed by atoms with Crippen LogP contribution in [0.3, 0.4) is 0 Å². The normalized spacial score (nSPS) is 19.1. The molecule has 8 nitrogen and oxygen atoms in total. The Morgan fingerprint density at radius 2 is 1.89 bits per heavy atom. The number of aliphatic carboxylic acids is 1. The van der Waals surface area contributed by atoms with Crippen LogP contribution in [-0.2, 0) is 16.0 Å². The third-order valence-electron chi connectivity index (χ3n) is 6.04. The quantitative estimate of drug-likeness (QED) is 0.310. The number of nitrogens with zero attached hydrogens (tertiary/aromatic N) is 1. The first kappa shape index (κ1) is 24.8. The first-order valence-electron chi connectivity index (χ1n) is 11.4. The number of carboxylic acid groups (broad SMARTS) is 1. The van der Waals surface area contributed by atoms with Gasteiger partial charge < -0.3 is 15.5 Å². The van der Waals surface area contributed by atoms with E-state index in [1.54, 1.807) is 12.4 Å². The first-order valence-corrected chi connectivity index (χ1v) is 11.7. The smallest absolute Gasteiger partial charge is 0.332 e. The summed E-state index contributed by atoms with van der Waals surface area (Å²) in [6.07, 6.45) is 2.64. The van der Waals surface area contributed by atoms with Gasteiger partial charge in [-0.05, 0) is 53.3 Å². The van der Waals surface area contributed by atoms with E-state index < -0.39 is 24.2 Å². The van der Waals surface area contributed by atoms with E-state index >= 15 is 0 Å². The Kier molecular flexibility index (Phi) is 8.09. The van der Waals surface area contributed by atoms with Crippen LogP contribution in [0.1, 0.15) is 30.0 Å². The van der Waals surface area contributed by atoms with Crippen molar-refractivity contribution >= 4 is 23.5 Å². The van der Waals surface area contributed by atoms with E-state index in [-0.39, 0.29) is 18.4 Å². The molecule has 2 heterocycles. The summed E-state index contributed by atoms with van der Waals surface area (Å²) in [6, 6.07) is 17.9.